The molecule has 5 heteroatoms. The summed E-state index contributed by atoms with van der Waals surface area (Å²) in [5.41, 5.74) is 7.23. The number of allylic oxidation sites excluding steroid dienone is 1. The molecule has 0 spiro atoms. The average Bonchev–Trinajstić information content (AvgIpc) is 3.20. The summed E-state index contributed by atoms with van der Waals surface area (Å²) in [6.07, 6.45) is 3.32. The lowest BCUT2D eigenvalue weighted by molar-refractivity contribution is -0.111. The van der Waals surface area contributed by atoms with E-state index < -0.39 is 0 Å². The molecule has 0 atom stereocenters. The lowest BCUT2D eigenvalue weighted by Gasteiger charge is -2.11. The largest absolute Gasteiger partial charge is 0.497 e. The van der Waals surface area contributed by atoms with Gasteiger partial charge in [0.15, 0.2) is 0 Å². The lowest BCUT2D eigenvalue weighted by atomic mass is 9.99. The molecule has 0 saturated heterocycles. The second-order valence-electron chi connectivity index (χ2n) is 8.12. The van der Waals surface area contributed by atoms with Gasteiger partial charge >= 0.3 is 0 Å². The van der Waals surface area contributed by atoms with Crippen LogP contribution in [0.2, 0.25) is 0 Å². The second kappa shape index (κ2) is 9.25. The molecule has 0 unspecified atom stereocenters. The molecule has 3 aromatic carbocycles. The lowest BCUT2D eigenvalue weighted by Crippen LogP contribution is -2.09. The van der Waals surface area contributed by atoms with Gasteiger partial charge in [0.1, 0.15) is 17.1 Å². The van der Waals surface area contributed by atoms with Crippen LogP contribution in [-0.4, -0.2) is 20.1 Å². The van der Waals surface area contributed by atoms with Crippen molar-refractivity contribution in [1.29, 1.82) is 0 Å². The predicted molar refractivity (Wildman–Crippen MR) is 133 cm³/mol. The molecule has 0 fully saturated rings. The summed E-state index contributed by atoms with van der Waals surface area (Å²) >= 11 is 0. The fourth-order valence-electron chi connectivity index (χ4n) is 4.05. The number of methoxy groups -OCH3 is 2. The van der Waals surface area contributed by atoms with E-state index in [0.717, 1.165) is 50.2 Å². The average molecular weight is 442 g/mol. The van der Waals surface area contributed by atoms with E-state index >= 15 is 0 Å². The first kappa shape index (κ1) is 22.2. The third-order valence-electron chi connectivity index (χ3n) is 5.54. The van der Waals surface area contributed by atoms with Crippen molar-refractivity contribution in [3.63, 3.8) is 0 Å². The van der Waals surface area contributed by atoms with Gasteiger partial charge in [-0.1, -0.05) is 18.2 Å². The van der Waals surface area contributed by atoms with Gasteiger partial charge < -0.3 is 19.2 Å². The second-order valence-corrected chi connectivity index (χ2v) is 8.12. The number of hydrogen-bond acceptors (Lipinski definition) is 4. The van der Waals surface area contributed by atoms with E-state index in [1.807, 2.05) is 69.3 Å². The Morgan fingerprint density at radius 1 is 0.970 bits per heavy atom. The fourth-order valence-corrected chi connectivity index (χ4v) is 4.05. The minimum Gasteiger partial charge on any atom is -0.497 e. The zero-order chi connectivity index (χ0) is 23.5. The first-order valence-corrected chi connectivity index (χ1v) is 10.7. The molecule has 1 aromatic heterocycles. The van der Waals surface area contributed by atoms with Crippen LogP contribution in [0, 0.1) is 13.8 Å². The Kier molecular flexibility index (Phi) is 6.22. The van der Waals surface area contributed by atoms with Crippen LogP contribution in [0.25, 0.3) is 27.7 Å². The molecule has 0 bridgehead atoms. The van der Waals surface area contributed by atoms with Crippen LogP contribution >= 0.6 is 0 Å². The van der Waals surface area contributed by atoms with Gasteiger partial charge in [-0.25, -0.2) is 0 Å². The maximum Gasteiger partial charge on any atom is 0.248 e. The number of fused-ring (bicyclic) bond motifs is 1. The van der Waals surface area contributed by atoms with Gasteiger partial charge in [-0.2, -0.15) is 0 Å². The molecule has 0 aliphatic carbocycles. The van der Waals surface area contributed by atoms with Crippen LogP contribution in [0.3, 0.4) is 0 Å². The third kappa shape index (κ3) is 4.77. The van der Waals surface area contributed by atoms with Gasteiger partial charge in [0.25, 0.3) is 0 Å². The van der Waals surface area contributed by atoms with E-state index in [-0.39, 0.29) is 5.91 Å². The Morgan fingerprint density at radius 3 is 2.42 bits per heavy atom. The highest BCUT2D eigenvalue weighted by Crippen LogP contribution is 2.38. The number of anilines is 1. The maximum atomic E-state index is 12.7. The zero-order valence-corrected chi connectivity index (χ0v) is 19.5. The summed E-state index contributed by atoms with van der Waals surface area (Å²) < 4.78 is 16.8. The topological polar surface area (TPSA) is 60.7 Å². The molecule has 1 amide bonds. The van der Waals surface area contributed by atoms with Crippen molar-refractivity contribution in [2.24, 2.45) is 0 Å². The zero-order valence-electron chi connectivity index (χ0n) is 19.5. The normalized spacial score (nSPS) is 11.5. The molecule has 0 aliphatic heterocycles. The van der Waals surface area contributed by atoms with Crippen LogP contribution in [0.1, 0.15) is 23.6 Å². The number of nitrogens with one attached hydrogen (secondary N) is 1. The highest BCUT2D eigenvalue weighted by molar-refractivity contribution is 6.05. The summed E-state index contributed by atoms with van der Waals surface area (Å²) in [6, 6.07) is 17.7. The SMILES string of the molecule is COc1cccc(-c2coc3cc(OC)c(/C(C)=C/C(=O)Nc4cc(C)cc(C)c4)cc23)c1. The molecule has 1 heterocycles. The Morgan fingerprint density at radius 2 is 1.73 bits per heavy atom. The number of amides is 1. The van der Waals surface area contributed by atoms with E-state index in [2.05, 4.69) is 11.4 Å². The number of carbonyl (C=O) groups is 1. The van der Waals surface area contributed by atoms with Crippen LogP contribution in [0.4, 0.5) is 5.69 Å². The molecule has 0 saturated carbocycles. The van der Waals surface area contributed by atoms with Gasteiger partial charge in [-0.15, -0.1) is 0 Å². The molecule has 4 aromatic rings. The quantitative estimate of drug-likeness (QED) is 0.335. The minimum absolute atomic E-state index is 0.195. The third-order valence-corrected chi connectivity index (χ3v) is 5.54. The van der Waals surface area contributed by atoms with Crippen molar-refractivity contribution in [2.75, 3.05) is 19.5 Å². The Balaban J connectivity index is 1.71. The summed E-state index contributed by atoms with van der Waals surface area (Å²) in [5, 5.41) is 3.89. The van der Waals surface area contributed by atoms with E-state index in [4.69, 9.17) is 13.9 Å². The first-order valence-electron chi connectivity index (χ1n) is 10.7. The Labute approximate surface area is 193 Å². The van der Waals surface area contributed by atoms with E-state index in [1.165, 1.54) is 0 Å². The van der Waals surface area contributed by atoms with Gasteiger partial charge in [-0.3, -0.25) is 4.79 Å². The highest BCUT2D eigenvalue weighted by atomic mass is 16.5. The van der Waals surface area contributed by atoms with E-state index in [1.54, 1.807) is 26.6 Å². The van der Waals surface area contributed by atoms with Crippen LogP contribution in [0.15, 0.2) is 71.4 Å². The molecule has 0 aliphatic rings. The minimum atomic E-state index is -0.195. The van der Waals surface area contributed by atoms with E-state index in [9.17, 15) is 4.79 Å². The number of aryl methyl sites for hydroxylation is 2. The number of hydrogen-bond donors (Lipinski definition) is 1. The van der Waals surface area contributed by atoms with Crippen molar-refractivity contribution >= 4 is 28.1 Å². The van der Waals surface area contributed by atoms with Gasteiger partial charge in [0.05, 0.1) is 20.5 Å². The van der Waals surface area contributed by atoms with Crippen molar-refractivity contribution in [2.45, 2.75) is 20.8 Å². The number of furan rings is 1. The molecule has 168 valence electrons. The van der Waals surface area contributed by atoms with Crippen LogP contribution in [0.5, 0.6) is 11.5 Å². The van der Waals surface area contributed by atoms with Crippen molar-refractivity contribution < 1.29 is 18.7 Å². The highest BCUT2D eigenvalue weighted by Gasteiger charge is 2.15. The summed E-state index contributed by atoms with van der Waals surface area (Å²) in [5.74, 6) is 1.22. The number of ether oxygens (including phenoxy) is 2. The number of carbonyl (C=O) groups excluding carboxylic acids is 1. The molecule has 5 nitrogen and oxygen atoms in total. The molecule has 4 rings (SSSR count). The van der Waals surface area contributed by atoms with Crippen molar-refractivity contribution in [3.05, 3.63) is 83.6 Å². The fraction of sp³-hybridized carbons (Fsp3) is 0.179. The van der Waals surface area contributed by atoms with Crippen LogP contribution in [-0.2, 0) is 4.79 Å². The smallest absolute Gasteiger partial charge is 0.248 e. The monoisotopic (exact) mass is 441 g/mol. The summed E-state index contributed by atoms with van der Waals surface area (Å²) in [6.45, 7) is 5.92. The molecular formula is C28H27NO4. The number of benzene rings is 3. The standard InChI is InChI=1S/C28H27NO4/c1-17-9-18(2)11-21(10-17)29-28(30)12-19(3)23-14-24-25(16-33-27(24)15-26(23)32-5)20-7-6-8-22(13-20)31-4/h6-16H,1-5H3,(H,29,30)/b19-12+. The molecule has 33 heavy (non-hydrogen) atoms. The predicted octanol–water partition coefficient (Wildman–Crippen LogP) is 6.78. The van der Waals surface area contributed by atoms with Crippen LogP contribution < -0.4 is 14.8 Å². The maximum absolute atomic E-state index is 12.7. The molecular weight excluding hydrogens is 414 g/mol. The van der Waals surface area contributed by atoms with Crippen molar-refractivity contribution in [1.82, 2.24) is 0 Å². The molecule has 0 radical (unpaired) electrons. The van der Waals surface area contributed by atoms with Gasteiger partial charge in [-0.05, 0) is 73.4 Å². The Bertz CT molecular complexity index is 1340. The first-order chi connectivity index (χ1) is 15.9. The Hall–Kier alpha value is -3.99. The summed E-state index contributed by atoms with van der Waals surface area (Å²) in [7, 11) is 3.26. The van der Waals surface area contributed by atoms with Gasteiger partial charge in [0.2, 0.25) is 5.91 Å². The van der Waals surface area contributed by atoms with E-state index in [0.29, 0.717) is 11.3 Å². The van der Waals surface area contributed by atoms with Gasteiger partial charge in [0, 0.05) is 34.3 Å². The molecule has 1 N–H and O–H groups in total. The van der Waals surface area contributed by atoms with Crippen molar-refractivity contribution in [3.8, 4) is 22.6 Å². The summed E-state index contributed by atoms with van der Waals surface area (Å²) in [4.78, 5) is 12.7. The number of rotatable bonds is 6.